The van der Waals surface area contributed by atoms with Gasteiger partial charge in [0.15, 0.2) is 5.76 Å². The number of nitrogens with zero attached hydrogens (tertiary/aromatic N) is 3. The van der Waals surface area contributed by atoms with Crippen LogP contribution < -0.4 is 5.32 Å². The number of rotatable bonds is 4. The molecule has 0 saturated carbocycles. The van der Waals surface area contributed by atoms with E-state index in [2.05, 4.69) is 22.5 Å². The lowest BCUT2D eigenvalue weighted by atomic mass is 10.2. The topological polar surface area (TPSA) is 55.9 Å². The molecule has 0 saturated heterocycles. The zero-order chi connectivity index (χ0) is 11.5. The lowest BCUT2D eigenvalue weighted by Gasteiger charge is -1.98. The maximum Gasteiger partial charge on any atom is 0.170 e. The third kappa shape index (κ3) is 1.86. The van der Waals surface area contributed by atoms with Crippen LogP contribution in [-0.4, -0.2) is 22.0 Å². The van der Waals surface area contributed by atoms with Crippen molar-refractivity contribution in [3.8, 4) is 11.3 Å². The summed E-state index contributed by atoms with van der Waals surface area (Å²) in [4.78, 5) is 0. The fraction of sp³-hybridized carbons (Fsp3) is 0.455. The summed E-state index contributed by atoms with van der Waals surface area (Å²) >= 11 is 0. The monoisotopic (exact) mass is 220 g/mol. The molecule has 0 radical (unpaired) electrons. The number of hydrogen-bond acceptors (Lipinski definition) is 4. The Balaban J connectivity index is 2.31. The van der Waals surface area contributed by atoms with Crippen LogP contribution in [0.2, 0.25) is 0 Å². The largest absolute Gasteiger partial charge is 0.356 e. The standard InChI is InChI=1S/C11H16N4O/c1-4-15-8(2)10(7-13-15)11-5-9(6-12-3)14-16-11/h5,7,12H,4,6H2,1-3H3. The number of hydrogen-bond donors (Lipinski definition) is 1. The highest BCUT2D eigenvalue weighted by atomic mass is 16.5. The predicted molar refractivity (Wildman–Crippen MR) is 60.9 cm³/mol. The third-order valence-electron chi connectivity index (χ3n) is 2.59. The molecule has 0 unspecified atom stereocenters. The van der Waals surface area contributed by atoms with E-state index in [0.717, 1.165) is 29.3 Å². The first-order chi connectivity index (χ1) is 7.76. The zero-order valence-corrected chi connectivity index (χ0v) is 9.82. The van der Waals surface area contributed by atoms with Crippen molar-refractivity contribution in [2.75, 3.05) is 7.05 Å². The molecule has 0 aromatic carbocycles. The molecule has 2 heterocycles. The van der Waals surface area contributed by atoms with Gasteiger partial charge in [-0.25, -0.2) is 0 Å². The minimum absolute atomic E-state index is 0.713. The summed E-state index contributed by atoms with van der Waals surface area (Å²) in [6, 6.07) is 1.94. The second-order valence-corrected chi connectivity index (χ2v) is 3.67. The van der Waals surface area contributed by atoms with Gasteiger partial charge in [0.05, 0.1) is 17.5 Å². The number of aromatic nitrogens is 3. The van der Waals surface area contributed by atoms with Gasteiger partial charge in [-0.1, -0.05) is 5.16 Å². The molecule has 0 bridgehead atoms. The highest BCUT2D eigenvalue weighted by Gasteiger charge is 2.12. The van der Waals surface area contributed by atoms with Crippen molar-refractivity contribution in [3.05, 3.63) is 23.7 Å². The molecule has 86 valence electrons. The van der Waals surface area contributed by atoms with Crippen LogP contribution in [0.15, 0.2) is 16.8 Å². The van der Waals surface area contributed by atoms with Crippen LogP contribution in [0.5, 0.6) is 0 Å². The second-order valence-electron chi connectivity index (χ2n) is 3.67. The number of aryl methyl sites for hydroxylation is 1. The van der Waals surface area contributed by atoms with Gasteiger partial charge < -0.3 is 9.84 Å². The Kier molecular flexibility index (Phi) is 3.05. The maximum absolute atomic E-state index is 5.30. The molecular weight excluding hydrogens is 204 g/mol. The lowest BCUT2D eigenvalue weighted by molar-refractivity contribution is 0.421. The molecule has 5 nitrogen and oxygen atoms in total. The summed E-state index contributed by atoms with van der Waals surface area (Å²) < 4.78 is 7.24. The molecule has 16 heavy (non-hydrogen) atoms. The van der Waals surface area contributed by atoms with Crippen molar-refractivity contribution < 1.29 is 4.52 Å². The first kappa shape index (κ1) is 10.9. The smallest absolute Gasteiger partial charge is 0.170 e. The van der Waals surface area contributed by atoms with Crippen LogP contribution >= 0.6 is 0 Å². The Morgan fingerprint density at radius 2 is 2.31 bits per heavy atom. The van der Waals surface area contributed by atoms with E-state index in [1.807, 2.05) is 30.9 Å². The van der Waals surface area contributed by atoms with Crippen LogP contribution in [0, 0.1) is 6.92 Å². The van der Waals surface area contributed by atoms with E-state index in [-0.39, 0.29) is 0 Å². The van der Waals surface area contributed by atoms with E-state index in [9.17, 15) is 0 Å². The second kappa shape index (κ2) is 4.49. The van der Waals surface area contributed by atoms with E-state index in [4.69, 9.17) is 4.52 Å². The molecule has 0 atom stereocenters. The summed E-state index contributed by atoms with van der Waals surface area (Å²) in [6.07, 6.45) is 1.82. The number of nitrogens with one attached hydrogen (secondary N) is 1. The maximum atomic E-state index is 5.30. The van der Waals surface area contributed by atoms with Crippen molar-refractivity contribution in [1.29, 1.82) is 0 Å². The Morgan fingerprint density at radius 3 is 2.94 bits per heavy atom. The highest BCUT2D eigenvalue weighted by Crippen LogP contribution is 2.23. The molecule has 0 amide bonds. The van der Waals surface area contributed by atoms with Crippen LogP contribution in [0.3, 0.4) is 0 Å². The molecule has 2 rings (SSSR count). The quantitative estimate of drug-likeness (QED) is 0.850. The summed E-state index contributed by atoms with van der Waals surface area (Å²) in [6.45, 7) is 5.68. The van der Waals surface area contributed by atoms with Gasteiger partial charge in [0.1, 0.15) is 0 Å². The van der Waals surface area contributed by atoms with Crippen molar-refractivity contribution in [1.82, 2.24) is 20.3 Å². The SMILES string of the molecule is CCn1ncc(-c2cc(CNC)no2)c1C. The average Bonchev–Trinajstić information content (AvgIpc) is 2.85. The van der Waals surface area contributed by atoms with Crippen molar-refractivity contribution in [3.63, 3.8) is 0 Å². The fourth-order valence-corrected chi connectivity index (χ4v) is 1.71. The van der Waals surface area contributed by atoms with Crippen LogP contribution in [0.4, 0.5) is 0 Å². The molecule has 2 aromatic rings. The Bertz CT molecular complexity index is 472. The lowest BCUT2D eigenvalue weighted by Crippen LogP contribution is -2.04. The zero-order valence-electron chi connectivity index (χ0n) is 9.82. The average molecular weight is 220 g/mol. The molecule has 0 aliphatic rings. The predicted octanol–water partition coefficient (Wildman–Crippen LogP) is 1.59. The first-order valence-electron chi connectivity index (χ1n) is 5.39. The van der Waals surface area contributed by atoms with Crippen LogP contribution in [0.25, 0.3) is 11.3 Å². The van der Waals surface area contributed by atoms with E-state index < -0.39 is 0 Å². The molecule has 0 fully saturated rings. The van der Waals surface area contributed by atoms with E-state index in [1.165, 1.54) is 0 Å². The minimum Gasteiger partial charge on any atom is -0.356 e. The van der Waals surface area contributed by atoms with Crippen molar-refractivity contribution >= 4 is 0 Å². The highest BCUT2D eigenvalue weighted by molar-refractivity contribution is 5.59. The molecule has 2 aromatic heterocycles. The Hall–Kier alpha value is -1.62. The summed E-state index contributed by atoms with van der Waals surface area (Å²) in [7, 11) is 1.88. The van der Waals surface area contributed by atoms with Gasteiger partial charge >= 0.3 is 0 Å². The van der Waals surface area contributed by atoms with E-state index >= 15 is 0 Å². The van der Waals surface area contributed by atoms with Gasteiger partial charge in [0, 0.05) is 24.8 Å². The van der Waals surface area contributed by atoms with Crippen molar-refractivity contribution in [2.24, 2.45) is 0 Å². The molecule has 0 aliphatic carbocycles. The van der Waals surface area contributed by atoms with Crippen LogP contribution in [0.1, 0.15) is 18.3 Å². The fourth-order valence-electron chi connectivity index (χ4n) is 1.71. The minimum atomic E-state index is 0.713. The molecule has 0 spiro atoms. The normalized spacial score (nSPS) is 10.9. The van der Waals surface area contributed by atoms with Crippen LogP contribution in [-0.2, 0) is 13.1 Å². The molecule has 5 heteroatoms. The van der Waals surface area contributed by atoms with Gasteiger partial charge in [-0.15, -0.1) is 0 Å². The van der Waals surface area contributed by atoms with E-state index in [0.29, 0.717) is 6.54 Å². The van der Waals surface area contributed by atoms with Crippen molar-refractivity contribution in [2.45, 2.75) is 26.9 Å². The first-order valence-corrected chi connectivity index (χ1v) is 5.39. The molecule has 1 N–H and O–H groups in total. The van der Waals surface area contributed by atoms with Gasteiger partial charge in [-0.2, -0.15) is 5.10 Å². The van der Waals surface area contributed by atoms with Gasteiger partial charge in [-0.3, -0.25) is 4.68 Å². The van der Waals surface area contributed by atoms with Gasteiger partial charge in [-0.05, 0) is 20.9 Å². The Labute approximate surface area is 94.4 Å². The van der Waals surface area contributed by atoms with Gasteiger partial charge in [0.25, 0.3) is 0 Å². The molecule has 0 aliphatic heterocycles. The summed E-state index contributed by atoms with van der Waals surface area (Å²) in [5.41, 5.74) is 3.02. The molecular formula is C11H16N4O. The third-order valence-corrected chi connectivity index (χ3v) is 2.59. The summed E-state index contributed by atoms with van der Waals surface area (Å²) in [5.74, 6) is 0.780. The van der Waals surface area contributed by atoms with Gasteiger partial charge in [0.2, 0.25) is 0 Å². The Morgan fingerprint density at radius 1 is 1.50 bits per heavy atom. The van der Waals surface area contributed by atoms with E-state index in [1.54, 1.807) is 0 Å². The summed E-state index contributed by atoms with van der Waals surface area (Å²) in [5, 5.41) is 11.3.